The Morgan fingerprint density at radius 2 is 1.12 bits per heavy atom. The number of allylic oxidation sites excluding steroid dienone is 4. The van der Waals surface area contributed by atoms with Gasteiger partial charge in [0.05, 0.1) is 6.61 Å². The van der Waals surface area contributed by atoms with Crippen LogP contribution in [0.2, 0.25) is 0 Å². The standard InChI is InChI=1S/C40H73O9P/c1-4-5-6-7-15-20-25-30-37(41)31-26-21-18-23-27-32-39(42)47-34-38(35-48-50(44,45)46)49-40(43)33-28-22-17-14-12-10-8-9-11-13-16-19-24-29-36(2)3/h15,20,25,30,36,38H,4-14,16-19,21-24,26-29,31-35H2,1-3H3,(H2,44,45,46)/b20-15-,30-25+/t38-/m1/s1. The lowest BCUT2D eigenvalue weighted by Crippen LogP contribution is -2.29. The van der Waals surface area contributed by atoms with Crippen LogP contribution in [0.25, 0.3) is 0 Å². The van der Waals surface area contributed by atoms with Gasteiger partial charge in [0.25, 0.3) is 0 Å². The number of unbranched alkanes of at least 4 members (excludes halogenated alkanes) is 19. The van der Waals surface area contributed by atoms with Crippen LogP contribution in [0.5, 0.6) is 0 Å². The van der Waals surface area contributed by atoms with Crippen molar-refractivity contribution in [2.24, 2.45) is 5.92 Å². The predicted molar refractivity (Wildman–Crippen MR) is 203 cm³/mol. The summed E-state index contributed by atoms with van der Waals surface area (Å²) in [6, 6.07) is 0. The van der Waals surface area contributed by atoms with E-state index in [-0.39, 0.29) is 25.2 Å². The first kappa shape index (κ1) is 48.2. The van der Waals surface area contributed by atoms with Crippen LogP contribution in [0.3, 0.4) is 0 Å². The number of hydrogen-bond acceptors (Lipinski definition) is 7. The molecule has 1 atom stereocenters. The minimum absolute atomic E-state index is 0.120. The summed E-state index contributed by atoms with van der Waals surface area (Å²) in [5.41, 5.74) is 0. The molecule has 0 aromatic rings. The van der Waals surface area contributed by atoms with E-state index in [1.807, 2.05) is 12.2 Å². The molecule has 0 rings (SSSR count). The molecular weight excluding hydrogens is 655 g/mol. The van der Waals surface area contributed by atoms with E-state index in [9.17, 15) is 18.9 Å². The van der Waals surface area contributed by atoms with Gasteiger partial charge in [-0.2, -0.15) is 0 Å². The van der Waals surface area contributed by atoms with Gasteiger partial charge < -0.3 is 19.3 Å². The molecule has 0 heterocycles. The van der Waals surface area contributed by atoms with Crippen LogP contribution in [0.15, 0.2) is 24.3 Å². The Balaban J connectivity index is 4.01. The number of hydrogen-bond donors (Lipinski definition) is 2. The van der Waals surface area contributed by atoms with Crippen LogP contribution in [0, 0.1) is 5.92 Å². The second kappa shape index (κ2) is 34.3. The van der Waals surface area contributed by atoms with Crippen molar-refractivity contribution in [3.05, 3.63) is 24.3 Å². The molecule has 9 nitrogen and oxygen atoms in total. The van der Waals surface area contributed by atoms with Gasteiger partial charge in [0, 0.05) is 19.3 Å². The molecule has 0 aliphatic heterocycles. The average Bonchev–Trinajstić information content (AvgIpc) is 3.06. The monoisotopic (exact) mass is 728 g/mol. The van der Waals surface area contributed by atoms with Gasteiger partial charge in [0.1, 0.15) is 6.61 Å². The molecule has 0 amide bonds. The van der Waals surface area contributed by atoms with Crippen molar-refractivity contribution in [3.8, 4) is 0 Å². The molecule has 292 valence electrons. The number of ether oxygens (including phenoxy) is 2. The molecule has 0 saturated heterocycles. The lowest BCUT2D eigenvalue weighted by molar-refractivity contribution is -0.161. The second-order valence-electron chi connectivity index (χ2n) is 14.1. The maximum atomic E-state index is 12.4. The highest BCUT2D eigenvalue weighted by molar-refractivity contribution is 7.46. The fourth-order valence-corrected chi connectivity index (χ4v) is 5.96. The highest BCUT2D eigenvalue weighted by Gasteiger charge is 2.23. The summed E-state index contributed by atoms with van der Waals surface area (Å²) in [4.78, 5) is 54.7. The number of rotatable bonds is 36. The molecule has 0 aromatic heterocycles. The molecule has 10 heteroatoms. The minimum atomic E-state index is -4.78. The van der Waals surface area contributed by atoms with Gasteiger partial charge in [-0.15, -0.1) is 0 Å². The normalized spacial score (nSPS) is 12.7. The third-order valence-electron chi connectivity index (χ3n) is 8.63. The van der Waals surface area contributed by atoms with Gasteiger partial charge in [-0.1, -0.05) is 155 Å². The van der Waals surface area contributed by atoms with Crippen LogP contribution in [-0.2, 0) is 32.9 Å². The Kier molecular flexibility index (Phi) is 33.1. The molecule has 0 spiro atoms. The third-order valence-corrected chi connectivity index (χ3v) is 9.11. The summed E-state index contributed by atoms with van der Waals surface area (Å²) in [6.07, 6.45) is 32.9. The third kappa shape index (κ3) is 37.5. The second-order valence-corrected chi connectivity index (χ2v) is 15.4. The van der Waals surface area contributed by atoms with Gasteiger partial charge in [0.15, 0.2) is 11.9 Å². The smallest absolute Gasteiger partial charge is 0.462 e. The van der Waals surface area contributed by atoms with E-state index in [0.29, 0.717) is 19.3 Å². The Morgan fingerprint density at radius 3 is 1.64 bits per heavy atom. The quantitative estimate of drug-likeness (QED) is 0.0212. The van der Waals surface area contributed by atoms with Crippen LogP contribution in [0.1, 0.15) is 188 Å². The zero-order chi connectivity index (χ0) is 37.1. The molecule has 0 aliphatic rings. The molecule has 0 unspecified atom stereocenters. The predicted octanol–water partition coefficient (Wildman–Crippen LogP) is 11.1. The van der Waals surface area contributed by atoms with Crippen LogP contribution in [0.4, 0.5) is 0 Å². The molecule has 2 N–H and O–H groups in total. The Labute approximate surface area is 305 Å². The van der Waals surface area contributed by atoms with Crippen LogP contribution in [-0.4, -0.2) is 46.8 Å². The van der Waals surface area contributed by atoms with Crippen LogP contribution >= 0.6 is 7.82 Å². The van der Waals surface area contributed by atoms with E-state index < -0.39 is 32.5 Å². The first-order valence-electron chi connectivity index (χ1n) is 19.9. The summed E-state index contributed by atoms with van der Waals surface area (Å²) in [5, 5.41) is 0. The molecule has 0 bridgehead atoms. The fraction of sp³-hybridized carbons (Fsp3) is 0.825. The van der Waals surface area contributed by atoms with E-state index in [0.717, 1.165) is 57.3 Å². The van der Waals surface area contributed by atoms with Gasteiger partial charge in [-0.05, 0) is 44.1 Å². The zero-order valence-corrected chi connectivity index (χ0v) is 32.9. The van der Waals surface area contributed by atoms with Crippen molar-refractivity contribution in [1.29, 1.82) is 0 Å². The van der Waals surface area contributed by atoms with E-state index in [1.54, 1.807) is 6.08 Å². The molecule has 0 fully saturated rings. The van der Waals surface area contributed by atoms with E-state index >= 15 is 0 Å². The number of esters is 2. The summed E-state index contributed by atoms with van der Waals surface area (Å²) in [5.74, 6) is -0.0361. The van der Waals surface area contributed by atoms with Crippen molar-refractivity contribution in [2.45, 2.75) is 194 Å². The fourth-order valence-electron chi connectivity index (χ4n) is 5.60. The number of carbonyl (C=O) groups is 3. The zero-order valence-electron chi connectivity index (χ0n) is 32.0. The maximum Gasteiger partial charge on any atom is 0.469 e. The Bertz CT molecular complexity index is 941. The lowest BCUT2D eigenvalue weighted by Gasteiger charge is -2.18. The number of carbonyl (C=O) groups excluding carboxylic acids is 3. The maximum absolute atomic E-state index is 12.4. The van der Waals surface area contributed by atoms with Crippen molar-refractivity contribution in [1.82, 2.24) is 0 Å². The average molecular weight is 729 g/mol. The van der Waals surface area contributed by atoms with Crippen molar-refractivity contribution >= 4 is 25.5 Å². The van der Waals surface area contributed by atoms with Gasteiger partial charge in [0.2, 0.25) is 0 Å². The van der Waals surface area contributed by atoms with Crippen molar-refractivity contribution < 1.29 is 42.7 Å². The van der Waals surface area contributed by atoms with Crippen molar-refractivity contribution in [3.63, 3.8) is 0 Å². The first-order valence-corrected chi connectivity index (χ1v) is 21.5. The lowest BCUT2D eigenvalue weighted by atomic mass is 10.0. The first-order chi connectivity index (χ1) is 24.0. The molecule has 0 saturated carbocycles. The number of ketones is 1. The Hall–Kier alpha value is -1.80. The van der Waals surface area contributed by atoms with Gasteiger partial charge >= 0.3 is 19.8 Å². The highest BCUT2D eigenvalue weighted by atomic mass is 31.2. The van der Waals surface area contributed by atoms with Crippen molar-refractivity contribution in [2.75, 3.05) is 13.2 Å². The topological polar surface area (TPSA) is 136 Å². The largest absolute Gasteiger partial charge is 0.469 e. The summed E-state index contributed by atoms with van der Waals surface area (Å²) in [7, 11) is -4.78. The molecular formula is C40H73O9P. The summed E-state index contributed by atoms with van der Waals surface area (Å²) < 4.78 is 26.3. The Morgan fingerprint density at radius 1 is 0.620 bits per heavy atom. The molecule has 0 radical (unpaired) electrons. The minimum Gasteiger partial charge on any atom is -0.462 e. The van der Waals surface area contributed by atoms with Crippen LogP contribution < -0.4 is 0 Å². The number of phosphoric acid groups is 1. The molecule has 0 aliphatic carbocycles. The van der Waals surface area contributed by atoms with Gasteiger partial charge in [-0.3, -0.25) is 18.9 Å². The summed E-state index contributed by atoms with van der Waals surface area (Å²) in [6.45, 7) is 5.86. The molecule has 50 heavy (non-hydrogen) atoms. The highest BCUT2D eigenvalue weighted by Crippen LogP contribution is 2.36. The summed E-state index contributed by atoms with van der Waals surface area (Å²) >= 11 is 0. The SMILES string of the molecule is CCCCC/C=C\C=C\C(=O)CCCCCCCC(=O)OC[C@H](COP(=O)(O)O)OC(=O)CCCCCCCCCCCCCCCC(C)C. The van der Waals surface area contributed by atoms with E-state index in [2.05, 4.69) is 31.4 Å². The van der Waals surface area contributed by atoms with E-state index in [1.165, 1.54) is 83.5 Å². The van der Waals surface area contributed by atoms with E-state index in [4.69, 9.17) is 19.3 Å². The number of phosphoric ester groups is 1. The molecule has 0 aromatic carbocycles. The van der Waals surface area contributed by atoms with Gasteiger partial charge in [-0.25, -0.2) is 4.57 Å².